The Labute approximate surface area is 125 Å². The maximum absolute atomic E-state index is 6.03. The number of rotatable bonds is 9. The first-order valence-corrected chi connectivity index (χ1v) is 7.20. The Bertz CT molecular complexity index is 533. The molecule has 1 heterocycles. The average Bonchev–Trinajstić information content (AvgIpc) is 2.94. The van der Waals surface area contributed by atoms with Crippen molar-refractivity contribution in [1.82, 2.24) is 4.90 Å². The van der Waals surface area contributed by atoms with Crippen molar-refractivity contribution in [1.29, 1.82) is 0 Å². The van der Waals surface area contributed by atoms with E-state index < -0.39 is 0 Å². The first-order chi connectivity index (χ1) is 10.3. The van der Waals surface area contributed by atoms with E-state index in [1.165, 1.54) is 0 Å². The molecule has 0 amide bonds. The number of hydrogen-bond acceptors (Lipinski definition) is 5. The average molecular weight is 292 g/mol. The topological polar surface area (TPSA) is 60.9 Å². The molecule has 0 aliphatic rings. The van der Waals surface area contributed by atoms with Crippen LogP contribution in [0.25, 0.3) is 11.0 Å². The van der Waals surface area contributed by atoms with Gasteiger partial charge in [-0.1, -0.05) is 18.2 Å². The highest BCUT2D eigenvalue weighted by Crippen LogP contribution is 2.29. The van der Waals surface area contributed by atoms with Crippen molar-refractivity contribution in [3.63, 3.8) is 0 Å². The van der Waals surface area contributed by atoms with Crippen molar-refractivity contribution in [2.45, 2.75) is 6.04 Å². The van der Waals surface area contributed by atoms with Gasteiger partial charge in [-0.15, -0.1) is 0 Å². The van der Waals surface area contributed by atoms with Crippen molar-refractivity contribution < 1.29 is 13.9 Å². The fourth-order valence-electron chi connectivity index (χ4n) is 2.57. The van der Waals surface area contributed by atoms with E-state index in [2.05, 4.69) is 11.0 Å². The molecule has 21 heavy (non-hydrogen) atoms. The van der Waals surface area contributed by atoms with Gasteiger partial charge >= 0.3 is 0 Å². The van der Waals surface area contributed by atoms with Gasteiger partial charge in [0.25, 0.3) is 0 Å². The second kappa shape index (κ2) is 8.14. The second-order valence-electron chi connectivity index (χ2n) is 4.96. The molecule has 0 radical (unpaired) electrons. The van der Waals surface area contributed by atoms with E-state index in [1.54, 1.807) is 14.2 Å². The minimum Gasteiger partial charge on any atom is -0.464 e. The maximum Gasteiger partial charge on any atom is 0.134 e. The van der Waals surface area contributed by atoms with Gasteiger partial charge in [-0.05, 0) is 6.07 Å². The number of fused-ring (bicyclic) bond motifs is 1. The molecule has 2 rings (SSSR count). The summed E-state index contributed by atoms with van der Waals surface area (Å²) in [4.78, 5) is 2.28. The monoisotopic (exact) mass is 292 g/mol. The van der Waals surface area contributed by atoms with E-state index >= 15 is 0 Å². The minimum absolute atomic E-state index is 0.0962. The lowest BCUT2D eigenvalue weighted by Gasteiger charge is -2.30. The zero-order valence-electron chi connectivity index (χ0n) is 12.7. The number of methoxy groups -OCH3 is 2. The Balaban J connectivity index is 2.25. The smallest absolute Gasteiger partial charge is 0.134 e. The summed E-state index contributed by atoms with van der Waals surface area (Å²) in [6.45, 7) is 3.46. The van der Waals surface area contributed by atoms with Gasteiger partial charge in [-0.2, -0.15) is 0 Å². The zero-order valence-corrected chi connectivity index (χ0v) is 12.7. The van der Waals surface area contributed by atoms with Crippen LogP contribution in [0.1, 0.15) is 11.6 Å². The van der Waals surface area contributed by atoms with E-state index in [9.17, 15) is 0 Å². The van der Waals surface area contributed by atoms with Crippen LogP contribution in [0, 0.1) is 0 Å². The largest absolute Gasteiger partial charge is 0.464 e. The fraction of sp³-hybridized carbons (Fsp3) is 0.500. The summed E-state index contributed by atoms with van der Waals surface area (Å²) >= 11 is 0. The standard InChI is InChI=1S/C16H24N2O3/c1-19-9-7-18(8-10-20-2)15(11-17)14-12-21-16-6-4-3-5-13(14)16/h3-6,12,15H,7-11,17H2,1-2H3. The van der Waals surface area contributed by atoms with Crippen LogP contribution >= 0.6 is 0 Å². The van der Waals surface area contributed by atoms with E-state index in [4.69, 9.17) is 19.6 Å². The molecule has 0 aliphatic carbocycles. The molecule has 0 fully saturated rings. The van der Waals surface area contributed by atoms with Crippen LogP contribution in [-0.2, 0) is 9.47 Å². The summed E-state index contributed by atoms with van der Waals surface area (Å²) in [5.41, 5.74) is 8.05. The van der Waals surface area contributed by atoms with Crippen LogP contribution in [0.15, 0.2) is 34.9 Å². The molecule has 116 valence electrons. The number of nitrogens with two attached hydrogens (primary N) is 1. The van der Waals surface area contributed by atoms with Crippen molar-refractivity contribution in [2.75, 3.05) is 47.1 Å². The molecule has 1 atom stereocenters. The summed E-state index contributed by atoms with van der Waals surface area (Å²) in [5.74, 6) is 0. The molecular weight excluding hydrogens is 268 g/mol. The van der Waals surface area contributed by atoms with Crippen LogP contribution in [0.2, 0.25) is 0 Å². The summed E-state index contributed by atoms with van der Waals surface area (Å²) in [5, 5.41) is 1.12. The normalized spacial score (nSPS) is 13.1. The molecule has 2 N–H and O–H groups in total. The molecule has 0 bridgehead atoms. The third-order valence-corrected chi connectivity index (χ3v) is 3.70. The van der Waals surface area contributed by atoms with Crippen molar-refractivity contribution in [3.8, 4) is 0 Å². The maximum atomic E-state index is 6.03. The van der Waals surface area contributed by atoms with E-state index in [-0.39, 0.29) is 6.04 Å². The molecule has 1 unspecified atom stereocenters. The van der Waals surface area contributed by atoms with Gasteiger partial charge in [0.1, 0.15) is 5.58 Å². The number of benzene rings is 1. The Hall–Kier alpha value is -1.40. The molecule has 2 aromatic rings. The molecule has 5 nitrogen and oxygen atoms in total. The summed E-state index contributed by atoms with van der Waals surface area (Å²) in [6.07, 6.45) is 1.81. The lowest BCUT2D eigenvalue weighted by Crippen LogP contribution is -2.38. The third kappa shape index (κ3) is 3.83. The Morgan fingerprint density at radius 2 is 1.81 bits per heavy atom. The molecular formula is C16H24N2O3. The number of furan rings is 1. The lowest BCUT2D eigenvalue weighted by molar-refractivity contribution is 0.0892. The Kier molecular flexibility index (Phi) is 6.20. The summed E-state index contributed by atoms with van der Waals surface area (Å²) in [7, 11) is 3.42. The molecule has 0 spiro atoms. The lowest BCUT2D eigenvalue weighted by atomic mass is 10.0. The Morgan fingerprint density at radius 1 is 1.14 bits per heavy atom. The van der Waals surface area contributed by atoms with Gasteiger partial charge in [-0.3, -0.25) is 4.90 Å². The SMILES string of the molecule is COCCN(CCOC)C(CN)c1coc2ccccc12. The first kappa shape index (κ1) is 16.0. The Morgan fingerprint density at radius 3 is 2.43 bits per heavy atom. The molecule has 5 heteroatoms. The molecule has 0 aliphatic heterocycles. The van der Waals surface area contributed by atoms with Gasteiger partial charge in [-0.25, -0.2) is 0 Å². The number of ether oxygens (including phenoxy) is 2. The van der Waals surface area contributed by atoms with Crippen molar-refractivity contribution >= 4 is 11.0 Å². The fourth-order valence-corrected chi connectivity index (χ4v) is 2.57. The van der Waals surface area contributed by atoms with Crippen LogP contribution in [0.4, 0.5) is 0 Å². The highest BCUT2D eigenvalue weighted by atomic mass is 16.5. The van der Waals surface area contributed by atoms with Crippen LogP contribution in [0.5, 0.6) is 0 Å². The number of para-hydroxylation sites is 1. The highest BCUT2D eigenvalue weighted by Gasteiger charge is 2.22. The molecule has 0 saturated heterocycles. The quantitative estimate of drug-likeness (QED) is 0.766. The summed E-state index contributed by atoms with van der Waals surface area (Å²) in [6, 6.07) is 8.13. The van der Waals surface area contributed by atoms with Gasteiger partial charge in [0, 0.05) is 44.8 Å². The third-order valence-electron chi connectivity index (χ3n) is 3.70. The van der Waals surface area contributed by atoms with Crippen LogP contribution in [-0.4, -0.2) is 52.0 Å². The second-order valence-corrected chi connectivity index (χ2v) is 4.96. The number of hydrogen-bond donors (Lipinski definition) is 1. The van der Waals surface area contributed by atoms with E-state index in [0.29, 0.717) is 19.8 Å². The van der Waals surface area contributed by atoms with E-state index in [0.717, 1.165) is 29.6 Å². The molecule has 0 saturated carbocycles. The summed E-state index contributed by atoms with van der Waals surface area (Å²) < 4.78 is 16.1. The van der Waals surface area contributed by atoms with Gasteiger partial charge in [0.05, 0.1) is 25.5 Å². The van der Waals surface area contributed by atoms with Crippen LogP contribution < -0.4 is 5.73 Å². The first-order valence-electron chi connectivity index (χ1n) is 7.20. The van der Waals surface area contributed by atoms with Gasteiger partial charge < -0.3 is 19.6 Å². The predicted octanol–water partition coefficient (Wildman–Crippen LogP) is 2.03. The van der Waals surface area contributed by atoms with Gasteiger partial charge in [0.2, 0.25) is 0 Å². The van der Waals surface area contributed by atoms with E-state index in [1.807, 2.05) is 24.5 Å². The highest BCUT2D eigenvalue weighted by molar-refractivity contribution is 5.81. The minimum atomic E-state index is 0.0962. The van der Waals surface area contributed by atoms with Gasteiger partial charge in [0.15, 0.2) is 0 Å². The number of nitrogens with zero attached hydrogens (tertiary/aromatic N) is 1. The molecule has 1 aromatic carbocycles. The van der Waals surface area contributed by atoms with Crippen molar-refractivity contribution in [2.24, 2.45) is 5.73 Å². The van der Waals surface area contributed by atoms with Crippen LogP contribution in [0.3, 0.4) is 0 Å². The molecule has 1 aromatic heterocycles. The zero-order chi connectivity index (χ0) is 15.1. The van der Waals surface area contributed by atoms with Crippen molar-refractivity contribution in [3.05, 3.63) is 36.1 Å². The predicted molar refractivity (Wildman–Crippen MR) is 83.3 cm³/mol.